The highest BCUT2D eigenvalue weighted by Crippen LogP contribution is 2.21. The third-order valence-electron chi connectivity index (χ3n) is 3.11. The van der Waals surface area contributed by atoms with Crippen molar-refractivity contribution in [1.82, 2.24) is 4.98 Å². The van der Waals surface area contributed by atoms with Crippen LogP contribution in [0.2, 0.25) is 0 Å². The van der Waals surface area contributed by atoms with E-state index in [2.05, 4.69) is 9.88 Å². The molecule has 0 amide bonds. The number of methoxy groups -OCH3 is 1. The first-order valence-corrected chi connectivity index (χ1v) is 6.19. The first-order chi connectivity index (χ1) is 9.13. The van der Waals surface area contributed by atoms with Crippen LogP contribution in [0.15, 0.2) is 6.07 Å². The van der Waals surface area contributed by atoms with E-state index in [1.54, 1.807) is 6.92 Å². The molecule has 1 N–H and O–H groups in total. The van der Waals surface area contributed by atoms with Gasteiger partial charge in [-0.1, -0.05) is 0 Å². The molecule has 0 unspecified atom stereocenters. The molecule has 0 aromatic carbocycles. The number of hydrogen-bond acceptors (Lipinski definition) is 5. The van der Waals surface area contributed by atoms with Crippen molar-refractivity contribution < 1.29 is 19.4 Å². The molecule has 6 nitrogen and oxygen atoms in total. The molecule has 104 valence electrons. The van der Waals surface area contributed by atoms with Crippen LogP contribution in [0.25, 0.3) is 0 Å². The number of aromatic nitrogens is 1. The molecule has 1 aromatic rings. The smallest absolute Gasteiger partial charge is 0.337 e. The first kappa shape index (κ1) is 13.8. The molecule has 2 heterocycles. The predicted molar refractivity (Wildman–Crippen MR) is 69.7 cm³/mol. The second kappa shape index (κ2) is 5.99. The summed E-state index contributed by atoms with van der Waals surface area (Å²) in [7, 11) is 1.53. The fourth-order valence-corrected chi connectivity index (χ4v) is 2.21. The number of pyridine rings is 1. The number of rotatable bonds is 4. The van der Waals surface area contributed by atoms with Crippen LogP contribution in [0, 0.1) is 6.92 Å². The fourth-order valence-electron chi connectivity index (χ4n) is 2.21. The van der Waals surface area contributed by atoms with Gasteiger partial charge in [0.1, 0.15) is 5.82 Å². The first-order valence-electron chi connectivity index (χ1n) is 6.19. The molecule has 2 rings (SSSR count). The Hall–Kier alpha value is -1.66. The molecule has 19 heavy (non-hydrogen) atoms. The van der Waals surface area contributed by atoms with Gasteiger partial charge < -0.3 is 19.5 Å². The van der Waals surface area contributed by atoms with E-state index in [9.17, 15) is 9.90 Å². The van der Waals surface area contributed by atoms with Crippen molar-refractivity contribution in [1.29, 1.82) is 0 Å². The van der Waals surface area contributed by atoms with E-state index in [1.807, 2.05) is 6.07 Å². The Morgan fingerprint density at radius 3 is 2.79 bits per heavy atom. The van der Waals surface area contributed by atoms with E-state index in [-0.39, 0.29) is 12.2 Å². The van der Waals surface area contributed by atoms with Crippen molar-refractivity contribution in [2.75, 3.05) is 38.3 Å². The van der Waals surface area contributed by atoms with Crippen LogP contribution < -0.4 is 4.90 Å². The number of aryl methyl sites for hydroxylation is 1. The number of carboxylic acids is 1. The van der Waals surface area contributed by atoms with Crippen molar-refractivity contribution in [2.24, 2.45) is 0 Å². The summed E-state index contributed by atoms with van der Waals surface area (Å²) < 4.78 is 10.3. The van der Waals surface area contributed by atoms with Crippen LogP contribution in [-0.4, -0.2) is 49.5 Å². The molecular formula is C13H18N2O4. The molecule has 0 atom stereocenters. The number of aromatic carboxylic acids is 1. The van der Waals surface area contributed by atoms with Gasteiger partial charge in [0, 0.05) is 20.2 Å². The Balaban J connectivity index is 2.38. The van der Waals surface area contributed by atoms with Crippen LogP contribution in [0.1, 0.15) is 21.6 Å². The number of anilines is 1. The molecule has 0 spiro atoms. The molecule has 0 radical (unpaired) electrons. The molecule has 1 saturated heterocycles. The summed E-state index contributed by atoms with van der Waals surface area (Å²) in [4.78, 5) is 17.8. The van der Waals surface area contributed by atoms with Crippen molar-refractivity contribution >= 4 is 11.8 Å². The van der Waals surface area contributed by atoms with Gasteiger partial charge in [-0.15, -0.1) is 0 Å². The molecule has 1 aromatic heterocycles. The van der Waals surface area contributed by atoms with Gasteiger partial charge >= 0.3 is 5.97 Å². The third-order valence-corrected chi connectivity index (χ3v) is 3.11. The summed E-state index contributed by atoms with van der Waals surface area (Å²) >= 11 is 0. The van der Waals surface area contributed by atoms with E-state index in [4.69, 9.17) is 9.47 Å². The monoisotopic (exact) mass is 266 g/mol. The Bertz CT molecular complexity index is 470. The maximum atomic E-state index is 11.3. The van der Waals surface area contributed by atoms with Gasteiger partial charge in [0.25, 0.3) is 0 Å². The Morgan fingerprint density at radius 2 is 2.21 bits per heavy atom. The second-order valence-electron chi connectivity index (χ2n) is 4.46. The van der Waals surface area contributed by atoms with Gasteiger partial charge in [-0.3, -0.25) is 0 Å². The lowest BCUT2D eigenvalue weighted by Gasteiger charge is -2.28. The third kappa shape index (κ3) is 3.02. The Labute approximate surface area is 112 Å². The summed E-state index contributed by atoms with van der Waals surface area (Å²) in [5.74, 6) is -0.177. The molecule has 0 bridgehead atoms. The van der Waals surface area contributed by atoms with Gasteiger partial charge in [-0.25, -0.2) is 9.78 Å². The number of morpholine rings is 1. The van der Waals surface area contributed by atoms with E-state index < -0.39 is 5.97 Å². The zero-order valence-corrected chi connectivity index (χ0v) is 11.2. The average molecular weight is 266 g/mol. The average Bonchev–Trinajstić information content (AvgIpc) is 2.39. The van der Waals surface area contributed by atoms with Gasteiger partial charge in [-0.05, 0) is 18.6 Å². The minimum Gasteiger partial charge on any atom is -0.478 e. The second-order valence-corrected chi connectivity index (χ2v) is 4.46. The topological polar surface area (TPSA) is 71.9 Å². The van der Waals surface area contributed by atoms with Crippen LogP contribution in [0.4, 0.5) is 5.82 Å². The minimum atomic E-state index is -0.967. The highest BCUT2D eigenvalue weighted by Gasteiger charge is 2.19. The lowest BCUT2D eigenvalue weighted by atomic mass is 10.1. The van der Waals surface area contributed by atoms with Gasteiger partial charge in [0.05, 0.1) is 31.1 Å². The van der Waals surface area contributed by atoms with Gasteiger partial charge in [0.2, 0.25) is 0 Å². The number of carboxylic acid groups (broad SMARTS) is 1. The number of carbonyl (C=O) groups is 1. The van der Waals surface area contributed by atoms with Crippen molar-refractivity contribution in [3.05, 3.63) is 22.9 Å². The predicted octanol–water partition coefficient (Wildman–Crippen LogP) is 1.07. The van der Waals surface area contributed by atoms with Gasteiger partial charge in [-0.2, -0.15) is 0 Å². The molecule has 1 aliphatic rings. The molecular weight excluding hydrogens is 248 g/mol. The van der Waals surface area contributed by atoms with Crippen molar-refractivity contribution in [2.45, 2.75) is 13.5 Å². The van der Waals surface area contributed by atoms with Crippen LogP contribution in [0.3, 0.4) is 0 Å². The van der Waals surface area contributed by atoms with E-state index in [0.717, 1.165) is 18.9 Å². The summed E-state index contributed by atoms with van der Waals surface area (Å²) in [6, 6.07) is 1.81. The lowest BCUT2D eigenvalue weighted by Crippen LogP contribution is -2.37. The van der Waals surface area contributed by atoms with E-state index in [1.165, 1.54) is 7.11 Å². The van der Waals surface area contributed by atoms with E-state index >= 15 is 0 Å². The zero-order valence-electron chi connectivity index (χ0n) is 11.2. The maximum Gasteiger partial charge on any atom is 0.337 e. The summed E-state index contributed by atoms with van der Waals surface area (Å²) in [5, 5.41) is 9.25. The fraction of sp³-hybridized carbons (Fsp3) is 0.538. The molecule has 1 fully saturated rings. The van der Waals surface area contributed by atoms with Crippen molar-refractivity contribution in [3.63, 3.8) is 0 Å². The molecule has 6 heteroatoms. The largest absolute Gasteiger partial charge is 0.478 e. The summed E-state index contributed by atoms with van der Waals surface area (Å²) in [6.07, 6.45) is 0. The minimum absolute atomic E-state index is 0.195. The standard InChI is InChI=1S/C13H18N2O4/c1-9-7-11(15-3-5-19-6-4-15)14-10(8-18-2)12(9)13(16)17/h7H,3-6,8H2,1-2H3,(H,16,17). The molecule has 1 aliphatic heterocycles. The van der Waals surface area contributed by atoms with Crippen LogP contribution >= 0.6 is 0 Å². The molecule has 0 saturated carbocycles. The maximum absolute atomic E-state index is 11.3. The Kier molecular flexibility index (Phi) is 4.34. The summed E-state index contributed by atoms with van der Waals surface area (Å²) in [6.45, 7) is 4.85. The summed E-state index contributed by atoms with van der Waals surface area (Å²) in [5.41, 5.74) is 1.41. The molecule has 0 aliphatic carbocycles. The SMILES string of the molecule is COCc1nc(N2CCOCC2)cc(C)c1C(=O)O. The van der Waals surface area contributed by atoms with Crippen LogP contribution in [0.5, 0.6) is 0 Å². The Morgan fingerprint density at radius 1 is 1.53 bits per heavy atom. The highest BCUT2D eigenvalue weighted by atomic mass is 16.5. The zero-order chi connectivity index (χ0) is 13.8. The number of hydrogen-bond donors (Lipinski definition) is 1. The normalized spacial score (nSPS) is 15.6. The quantitative estimate of drug-likeness (QED) is 0.879. The van der Waals surface area contributed by atoms with Crippen LogP contribution in [-0.2, 0) is 16.1 Å². The lowest BCUT2D eigenvalue weighted by molar-refractivity contribution is 0.0690. The highest BCUT2D eigenvalue weighted by molar-refractivity contribution is 5.91. The van der Waals surface area contributed by atoms with E-state index in [0.29, 0.717) is 24.5 Å². The van der Waals surface area contributed by atoms with Crippen molar-refractivity contribution in [3.8, 4) is 0 Å². The number of ether oxygens (including phenoxy) is 2. The number of nitrogens with zero attached hydrogens (tertiary/aromatic N) is 2. The van der Waals surface area contributed by atoms with Gasteiger partial charge in [0.15, 0.2) is 0 Å².